The number of H-pyrrole nitrogens is 1. The van der Waals surface area contributed by atoms with E-state index in [1.807, 2.05) is 38.1 Å². The van der Waals surface area contributed by atoms with E-state index in [9.17, 15) is 9.59 Å². The number of nitrogens with one attached hydrogen (secondary N) is 2. The maximum absolute atomic E-state index is 13.0. The van der Waals surface area contributed by atoms with Crippen LogP contribution in [0.2, 0.25) is 0 Å². The van der Waals surface area contributed by atoms with Crippen LogP contribution in [0.1, 0.15) is 50.2 Å². The van der Waals surface area contributed by atoms with Crippen molar-refractivity contribution >= 4 is 23.4 Å². The second kappa shape index (κ2) is 7.83. The van der Waals surface area contributed by atoms with Crippen LogP contribution in [0.25, 0.3) is 0 Å². The van der Waals surface area contributed by atoms with Gasteiger partial charge >= 0.3 is 0 Å². The van der Waals surface area contributed by atoms with Crippen LogP contribution in [0.3, 0.4) is 0 Å². The largest absolute Gasteiger partial charge is 0.494 e. The van der Waals surface area contributed by atoms with Crippen molar-refractivity contribution in [3.8, 4) is 5.75 Å². The van der Waals surface area contributed by atoms with E-state index in [0.29, 0.717) is 35.1 Å². The molecule has 2 aliphatic rings. The van der Waals surface area contributed by atoms with Crippen LogP contribution in [0.5, 0.6) is 5.75 Å². The topological polar surface area (TPSA) is 84.1 Å². The van der Waals surface area contributed by atoms with Crippen molar-refractivity contribution < 1.29 is 9.53 Å². The van der Waals surface area contributed by atoms with Gasteiger partial charge in [0, 0.05) is 23.6 Å². The summed E-state index contributed by atoms with van der Waals surface area (Å²) in [6.07, 6.45) is 2.12. The highest BCUT2D eigenvalue weighted by atomic mass is 32.2. The zero-order chi connectivity index (χ0) is 19.7. The summed E-state index contributed by atoms with van der Waals surface area (Å²) in [5.41, 5.74) is 2.81. The summed E-state index contributed by atoms with van der Waals surface area (Å²) in [4.78, 5) is 33.3. The highest BCUT2D eigenvalue weighted by Gasteiger charge is 2.37. The quantitative estimate of drug-likeness (QED) is 0.589. The van der Waals surface area contributed by atoms with Gasteiger partial charge in [-0.05, 0) is 43.2 Å². The third kappa shape index (κ3) is 3.35. The second-order valence-electron chi connectivity index (χ2n) is 6.80. The predicted octanol–water partition coefficient (Wildman–Crippen LogP) is 3.85. The van der Waals surface area contributed by atoms with Crippen molar-refractivity contribution in [3.63, 3.8) is 0 Å². The number of carbonyl (C=O) groups excluding carboxylic acids is 1. The Hall–Kier alpha value is -2.54. The normalized spacial score (nSPS) is 18.4. The molecule has 0 saturated carbocycles. The molecule has 0 spiro atoms. The number of nitrogens with zero attached hydrogens (tertiary/aromatic N) is 1. The number of hydrogen-bond donors (Lipinski definition) is 2. The Balaban J connectivity index is 1.87. The molecule has 2 N–H and O–H groups in total. The number of aromatic amines is 1. The lowest BCUT2D eigenvalue weighted by Crippen LogP contribution is -2.32. The molecule has 4 rings (SSSR count). The van der Waals surface area contributed by atoms with Crippen LogP contribution in [-0.2, 0) is 4.79 Å². The standard InChI is InChI=1S/C21H23N3O3S/c1-3-27-13-10-8-12(9-11-13)16-17-14(6-5-7-15(17)25)22-19-18(16)20(26)24-21(23-19)28-4-2/h8-11,16H,3-7H2,1-2H3,(H2,22,23,24,26)/t16-/m1/s1. The Morgan fingerprint density at radius 2 is 1.96 bits per heavy atom. The molecule has 1 aromatic carbocycles. The fraction of sp³-hybridized carbons (Fsp3) is 0.381. The zero-order valence-corrected chi connectivity index (χ0v) is 16.8. The minimum atomic E-state index is -0.411. The van der Waals surface area contributed by atoms with E-state index in [-0.39, 0.29) is 11.3 Å². The third-order valence-corrected chi connectivity index (χ3v) is 5.80. The first kappa shape index (κ1) is 18.8. The Bertz CT molecular complexity index is 995. The maximum atomic E-state index is 13.0. The first-order chi connectivity index (χ1) is 13.6. The minimum Gasteiger partial charge on any atom is -0.494 e. The van der Waals surface area contributed by atoms with Gasteiger partial charge in [-0.25, -0.2) is 4.98 Å². The summed E-state index contributed by atoms with van der Waals surface area (Å²) in [6, 6.07) is 7.64. The van der Waals surface area contributed by atoms with E-state index in [0.717, 1.165) is 35.6 Å². The molecule has 0 unspecified atom stereocenters. The van der Waals surface area contributed by atoms with Gasteiger partial charge in [-0.15, -0.1) is 0 Å². The first-order valence-corrected chi connectivity index (χ1v) is 10.6. The number of anilines is 1. The Kier molecular flexibility index (Phi) is 5.26. The number of aromatic nitrogens is 2. The SMILES string of the molecule is CCOc1ccc([C@@H]2C3=C(CCCC3=O)Nc3nc(SCC)[nH]c(=O)c32)cc1. The molecular weight excluding hydrogens is 374 g/mol. The highest BCUT2D eigenvalue weighted by Crippen LogP contribution is 2.43. The number of ether oxygens (including phenoxy) is 1. The molecule has 0 amide bonds. The van der Waals surface area contributed by atoms with Gasteiger partial charge in [-0.3, -0.25) is 9.59 Å². The molecule has 1 aliphatic carbocycles. The van der Waals surface area contributed by atoms with E-state index >= 15 is 0 Å². The van der Waals surface area contributed by atoms with Crippen LogP contribution in [-0.4, -0.2) is 28.1 Å². The summed E-state index contributed by atoms with van der Waals surface area (Å²) >= 11 is 1.49. The molecule has 2 aromatic rings. The molecular formula is C21H23N3O3S. The van der Waals surface area contributed by atoms with Crippen molar-refractivity contribution in [1.82, 2.24) is 9.97 Å². The molecule has 0 radical (unpaired) electrons. The van der Waals surface area contributed by atoms with E-state index in [1.165, 1.54) is 11.8 Å². The van der Waals surface area contributed by atoms with Gasteiger partial charge in [0.25, 0.3) is 5.56 Å². The number of Topliss-reactive ketones (excluding diaryl/α,β-unsaturated/α-hetero) is 1. The fourth-order valence-corrected chi connectivity index (χ4v) is 4.50. The van der Waals surface area contributed by atoms with E-state index in [2.05, 4.69) is 15.3 Å². The van der Waals surface area contributed by atoms with Crippen LogP contribution >= 0.6 is 11.8 Å². The molecule has 0 bridgehead atoms. The van der Waals surface area contributed by atoms with Gasteiger partial charge in [-0.2, -0.15) is 0 Å². The van der Waals surface area contributed by atoms with Crippen molar-refractivity contribution in [2.75, 3.05) is 17.7 Å². The monoisotopic (exact) mass is 397 g/mol. The molecule has 2 heterocycles. The van der Waals surface area contributed by atoms with Gasteiger partial charge < -0.3 is 15.0 Å². The minimum absolute atomic E-state index is 0.102. The lowest BCUT2D eigenvalue weighted by atomic mass is 9.76. The summed E-state index contributed by atoms with van der Waals surface area (Å²) in [7, 11) is 0. The average Bonchev–Trinajstić information content (AvgIpc) is 2.68. The molecule has 7 heteroatoms. The van der Waals surface area contributed by atoms with Gasteiger partial charge in [-0.1, -0.05) is 30.8 Å². The third-order valence-electron chi connectivity index (χ3n) is 5.04. The highest BCUT2D eigenvalue weighted by molar-refractivity contribution is 7.99. The Morgan fingerprint density at radius 1 is 1.18 bits per heavy atom. The van der Waals surface area contributed by atoms with Gasteiger partial charge in [0.05, 0.1) is 12.2 Å². The van der Waals surface area contributed by atoms with E-state index < -0.39 is 5.92 Å². The molecule has 146 valence electrons. The maximum Gasteiger partial charge on any atom is 0.257 e. The van der Waals surface area contributed by atoms with Gasteiger partial charge in [0.15, 0.2) is 10.9 Å². The summed E-state index contributed by atoms with van der Waals surface area (Å²) in [6.45, 7) is 4.54. The summed E-state index contributed by atoms with van der Waals surface area (Å²) < 4.78 is 5.54. The van der Waals surface area contributed by atoms with Crippen molar-refractivity contribution in [3.05, 3.63) is 57.0 Å². The summed E-state index contributed by atoms with van der Waals surface area (Å²) in [5.74, 6) is 1.84. The van der Waals surface area contributed by atoms with E-state index in [4.69, 9.17) is 4.74 Å². The number of carbonyl (C=O) groups is 1. The molecule has 0 fully saturated rings. The molecule has 6 nitrogen and oxygen atoms in total. The lowest BCUT2D eigenvalue weighted by Gasteiger charge is -2.32. The van der Waals surface area contributed by atoms with Gasteiger partial charge in [0.2, 0.25) is 0 Å². The first-order valence-electron chi connectivity index (χ1n) is 9.65. The number of fused-ring (bicyclic) bond motifs is 1. The van der Waals surface area contributed by atoms with Crippen molar-refractivity contribution in [1.29, 1.82) is 0 Å². The number of ketones is 1. The molecule has 1 aliphatic heterocycles. The van der Waals surface area contributed by atoms with Gasteiger partial charge in [0.1, 0.15) is 11.6 Å². The van der Waals surface area contributed by atoms with Crippen LogP contribution < -0.4 is 15.6 Å². The van der Waals surface area contributed by atoms with Crippen molar-refractivity contribution in [2.45, 2.75) is 44.2 Å². The molecule has 0 saturated heterocycles. The number of rotatable bonds is 5. The number of allylic oxidation sites excluding steroid dienone is 2. The number of hydrogen-bond acceptors (Lipinski definition) is 6. The molecule has 28 heavy (non-hydrogen) atoms. The number of benzene rings is 1. The molecule has 1 aromatic heterocycles. The second-order valence-corrected chi connectivity index (χ2v) is 8.05. The summed E-state index contributed by atoms with van der Waals surface area (Å²) in [5, 5.41) is 3.88. The Labute approximate surface area is 167 Å². The smallest absolute Gasteiger partial charge is 0.257 e. The lowest BCUT2D eigenvalue weighted by molar-refractivity contribution is -0.116. The van der Waals surface area contributed by atoms with E-state index in [1.54, 1.807) is 0 Å². The Morgan fingerprint density at radius 3 is 2.68 bits per heavy atom. The van der Waals surface area contributed by atoms with Crippen LogP contribution in [0.4, 0.5) is 5.82 Å². The predicted molar refractivity (Wildman–Crippen MR) is 110 cm³/mol. The number of thioether (sulfide) groups is 1. The average molecular weight is 398 g/mol. The zero-order valence-electron chi connectivity index (χ0n) is 16.0. The fourth-order valence-electron chi connectivity index (χ4n) is 3.90. The molecule has 1 atom stereocenters. The van der Waals surface area contributed by atoms with Crippen LogP contribution in [0, 0.1) is 0 Å². The van der Waals surface area contributed by atoms with Crippen molar-refractivity contribution in [2.24, 2.45) is 0 Å². The van der Waals surface area contributed by atoms with Crippen LogP contribution in [0.15, 0.2) is 45.5 Å².